The van der Waals surface area contributed by atoms with Crippen LogP contribution in [0.15, 0.2) is 36.4 Å². The number of carbonyl (C=O) groups is 1. The molecule has 3 nitrogen and oxygen atoms in total. The highest BCUT2D eigenvalue weighted by atomic mass is 35.5. The number of hydrogen-bond acceptors (Lipinski definition) is 3. The minimum absolute atomic E-state index is 0.0516. The second-order valence-electron chi connectivity index (χ2n) is 4.22. The van der Waals surface area contributed by atoms with E-state index in [-0.39, 0.29) is 12.2 Å². The van der Waals surface area contributed by atoms with E-state index >= 15 is 0 Å². The normalized spacial score (nSPS) is 10.3. The molecule has 0 amide bonds. The number of ketones is 1. The lowest BCUT2D eigenvalue weighted by molar-refractivity contribution is 0.0987. The Morgan fingerprint density at radius 1 is 1.32 bits per heavy atom. The van der Waals surface area contributed by atoms with Gasteiger partial charge in [0.2, 0.25) is 0 Å². The van der Waals surface area contributed by atoms with E-state index in [9.17, 15) is 4.79 Å². The topological polar surface area (TPSA) is 39.2 Å². The SMILES string of the molecule is COc1ccc(Cl)cc1CC(=O)c1cccc(C)n1. The van der Waals surface area contributed by atoms with Crippen LogP contribution < -0.4 is 4.74 Å². The maximum absolute atomic E-state index is 12.2. The van der Waals surface area contributed by atoms with Crippen molar-refractivity contribution in [1.82, 2.24) is 4.98 Å². The van der Waals surface area contributed by atoms with Gasteiger partial charge in [-0.3, -0.25) is 9.78 Å². The van der Waals surface area contributed by atoms with Crippen LogP contribution in [-0.2, 0) is 6.42 Å². The standard InChI is InChI=1S/C15H14ClNO2/c1-10-4-3-5-13(17-10)14(18)9-11-8-12(16)6-7-15(11)19-2/h3-8H,9H2,1-2H3. The number of halogens is 1. The Balaban J connectivity index is 2.26. The highest BCUT2D eigenvalue weighted by molar-refractivity contribution is 6.30. The molecule has 1 aromatic carbocycles. The van der Waals surface area contributed by atoms with Gasteiger partial charge in [0.05, 0.1) is 7.11 Å². The summed E-state index contributed by atoms with van der Waals surface area (Å²) in [6, 6.07) is 10.6. The van der Waals surface area contributed by atoms with Gasteiger partial charge in [0, 0.05) is 22.7 Å². The number of ether oxygens (including phenoxy) is 1. The average molecular weight is 276 g/mol. The molecule has 0 saturated heterocycles. The Bertz CT molecular complexity index is 611. The van der Waals surface area contributed by atoms with E-state index in [1.54, 1.807) is 31.4 Å². The zero-order chi connectivity index (χ0) is 13.8. The van der Waals surface area contributed by atoms with Crippen molar-refractivity contribution in [2.24, 2.45) is 0 Å². The van der Waals surface area contributed by atoms with Gasteiger partial charge in [0.15, 0.2) is 5.78 Å². The minimum Gasteiger partial charge on any atom is -0.496 e. The number of hydrogen-bond donors (Lipinski definition) is 0. The fourth-order valence-corrected chi connectivity index (χ4v) is 2.04. The van der Waals surface area contributed by atoms with Crippen molar-refractivity contribution in [3.63, 3.8) is 0 Å². The van der Waals surface area contributed by atoms with Gasteiger partial charge < -0.3 is 4.74 Å². The fraction of sp³-hybridized carbons (Fsp3) is 0.200. The summed E-state index contributed by atoms with van der Waals surface area (Å²) < 4.78 is 5.23. The number of Topliss-reactive ketones (excluding diaryl/α,β-unsaturated/α-hetero) is 1. The zero-order valence-electron chi connectivity index (χ0n) is 10.8. The Kier molecular flexibility index (Phi) is 4.17. The lowest BCUT2D eigenvalue weighted by Gasteiger charge is -2.08. The summed E-state index contributed by atoms with van der Waals surface area (Å²) in [6.07, 6.45) is 0.222. The molecule has 0 aliphatic heterocycles. The Morgan fingerprint density at radius 2 is 2.11 bits per heavy atom. The molecule has 0 spiro atoms. The van der Waals surface area contributed by atoms with E-state index < -0.39 is 0 Å². The van der Waals surface area contributed by atoms with Gasteiger partial charge in [-0.25, -0.2) is 0 Å². The number of rotatable bonds is 4. The van der Waals surface area contributed by atoms with Gasteiger partial charge in [-0.2, -0.15) is 0 Å². The summed E-state index contributed by atoms with van der Waals surface area (Å²) in [5.74, 6) is 0.606. The van der Waals surface area contributed by atoms with Crippen LogP contribution in [0.4, 0.5) is 0 Å². The highest BCUT2D eigenvalue weighted by Crippen LogP contribution is 2.23. The number of aromatic nitrogens is 1. The third-order valence-electron chi connectivity index (χ3n) is 2.77. The van der Waals surface area contributed by atoms with Crippen molar-refractivity contribution in [3.8, 4) is 5.75 Å². The molecule has 19 heavy (non-hydrogen) atoms. The fourth-order valence-electron chi connectivity index (χ4n) is 1.85. The number of nitrogens with zero attached hydrogens (tertiary/aromatic N) is 1. The molecular formula is C15H14ClNO2. The first-order chi connectivity index (χ1) is 9.10. The molecule has 0 bridgehead atoms. The quantitative estimate of drug-likeness (QED) is 0.802. The molecule has 0 saturated carbocycles. The summed E-state index contributed by atoms with van der Waals surface area (Å²) >= 11 is 5.95. The largest absolute Gasteiger partial charge is 0.496 e. The van der Waals surface area contributed by atoms with Crippen LogP contribution in [0.1, 0.15) is 21.7 Å². The molecule has 0 fully saturated rings. The van der Waals surface area contributed by atoms with E-state index in [1.807, 2.05) is 19.1 Å². The molecule has 0 atom stereocenters. The third kappa shape index (κ3) is 3.32. The molecule has 1 aromatic heterocycles. The van der Waals surface area contributed by atoms with Crippen LogP contribution in [0.3, 0.4) is 0 Å². The van der Waals surface area contributed by atoms with Crippen molar-refractivity contribution in [3.05, 3.63) is 58.4 Å². The first-order valence-corrected chi connectivity index (χ1v) is 6.27. The lowest BCUT2D eigenvalue weighted by Crippen LogP contribution is -2.07. The molecule has 0 aliphatic rings. The van der Waals surface area contributed by atoms with Crippen molar-refractivity contribution >= 4 is 17.4 Å². The van der Waals surface area contributed by atoms with Gasteiger partial charge >= 0.3 is 0 Å². The molecule has 2 rings (SSSR count). The summed E-state index contributed by atoms with van der Waals surface area (Å²) in [7, 11) is 1.57. The molecule has 0 N–H and O–H groups in total. The first-order valence-electron chi connectivity index (χ1n) is 5.89. The maximum atomic E-state index is 12.2. The zero-order valence-corrected chi connectivity index (χ0v) is 11.6. The Labute approximate surface area is 117 Å². The number of carbonyl (C=O) groups excluding carboxylic acids is 1. The monoisotopic (exact) mass is 275 g/mol. The molecule has 0 radical (unpaired) electrons. The maximum Gasteiger partial charge on any atom is 0.185 e. The van der Waals surface area contributed by atoms with Gasteiger partial charge in [0.1, 0.15) is 11.4 Å². The second kappa shape index (κ2) is 5.85. The highest BCUT2D eigenvalue weighted by Gasteiger charge is 2.12. The second-order valence-corrected chi connectivity index (χ2v) is 4.66. The number of methoxy groups -OCH3 is 1. The smallest absolute Gasteiger partial charge is 0.185 e. The molecule has 98 valence electrons. The van der Waals surface area contributed by atoms with Gasteiger partial charge in [-0.05, 0) is 37.3 Å². The Morgan fingerprint density at radius 3 is 2.79 bits per heavy atom. The van der Waals surface area contributed by atoms with Crippen LogP contribution in [-0.4, -0.2) is 17.9 Å². The van der Waals surface area contributed by atoms with Crippen LogP contribution in [0.2, 0.25) is 5.02 Å². The third-order valence-corrected chi connectivity index (χ3v) is 3.00. The van der Waals surface area contributed by atoms with Gasteiger partial charge in [-0.1, -0.05) is 17.7 Å². The predicted octanol–water partition coefficient (Wildman–Crippen LogP) is 3.48. The minimum atomic E-state index is -0.0516. The summed E-state index contributed by atoms with van der Waals surface area (Å²) in [4.78, 5) is 16.4. The molecule has 1 heterocycles. The molecule has 0 unspecified atom stereocenters. The van der Waals surface area contributed by atoms with Crippen molar-refractivity contribution in [1.29, 1.82) is 0 Å². The molecule has 2 aromatic rings. The van der Waals surface area contributed by atoms with Gasteiger partial charge in [-0.15, -0.1) is 0 Å². The molecular weight excluding hydrogens is 262 g/mol. The average Bonchev–Trinajstić information content (AvgIpc) is 2.39. The predicted molar refractivity (Wildman–Crippen MR) is 75.0 cm³/mol. The van der Waals surface area contributed by atoms with Crippen LogP contribution in [0.5, 0.6) is 5.75 Å². The van der Waals surface area contributed by atoms with E-state index in [1.165, 1.54) is 0 Å². The molecule has 4 heteroatoms. The van der Waals surface area contributed by atoms with Crippen molar-refractivity contribution in [2.45, 2.75) is 13.3 Å². The lowest BCUT2D eigenvalue weighted by atomic mass is 10.1. The van der Waals surface area contributed by atoms with Crippen molar-refractivity contribution < 1.29 is 9.53 Å². The first kappa shape index (κ1) is 13.6. The van der Waals surface area contributed by atoms with E-state index in [0.717, 1.165) is 11.3 Å². The Hall–Kier alpha value is -1.87. The summed E-state index contributed by atoms with van der Waals surface area (Å²) in [5.41, 5.74) is 2.05. The van der Waals surface area contributed by atoms with E-state index in [4.69, 9.17) is 16.3 Å². The molecule has 0 aliphatic carbocycles. The van der Waals surface area contributed by atoms with Crippen LogP contribution in [0, 0.1) is 6.92 Å². The number of benzene rings is 1. The number of pyridine rings is 1. The number of aryl methyl sites for hydroxylation is 1. The summed E-state index contributed by atoms with van der Waals surface area (Å²) in [5, 5.41) is 0.584. The van der Waals surface area contributed by atoms with Gasteiger partial charge in [0.25, 0.3) is 0 Å². The summed E-state index contributed by atoms with van der Waals surface area (Å²) in [6.45, 7) is 1.86. The van der Waals surface area contributed by atoms with E-state index in [0.29, 0.717) is 16.5 Å². The van der Waals surface area contributed by atoms with Crippen molar-refractivity contribution in [2.75, 3.05) is 7.11 Å². The van der Waals surface area contributed by atoms with Crippen LogP contribution in [0.25, 0.3) is 0 Å². The van der Waals surface area contributed by atoms with Crippen LogP contribution >= 0.6 is 11.6 Å². The van der Waals surface area contributed by atoms with E-state index in [2.05, 4.69) is 4.98 Å².